The number of piperazine rings is 1. The van der Waals surface area contributed by atoms with Crippen molar-refractivity contribution in [2.24, 2.45) is 17.6 Å². The molecular weight excluding hydrogens is 314 g/mol. The van der Waals surface area contributed by atoms with E-state index in [1.54, 1.807) is 0 Å². The molecule has 1 aliphatic heterocycles. The fourth-order valence-corrected chi connectivity index (χ4v) is 3.60. The molecule has 5 nitrogen and oxygen atoms in total. The van der Waals surface area contributed by atoms with Crippen LogP contribution in [0.1, 0.15) is 52.4 Å². The van der Waals surface area contributed by atoms with E-state index in [4.69, 9.17) is 5.73 Å². The molecule has 23 heavy (non-hydrogen) atoms. The monoisotopic (exact) mass is 345 g/mol. The minimum Gasteiger partial charge on any atom is -0.339 e. The lowest BCUT2D eigenvalue weighted by Crippen LogP contribution is -2.55. The van der Waals surface area contributed by atoms with Crippen LogP contribution in [0.2, 0.25) is 0 Å². The largest absolute Gasteiger partial charge is 0.339 e. The maximum atomic E-state index is 12.5. The second kappa shape index (κ2) is 9.48. The predicted molar refractivity (Wildman–Crippen MR) is 94.4 cm³/mol. The highest BCUT2D eigenvalue weighted by atomic mass is 35.5. The zero-order valence-corrected chi connectivity index (χ0v) is 15.3. The average molecular weight is 346 g/mol. The van der Waals surface area contributed by atoms with Gasteiger partial charge in [0.25, 0.3) is 0 Å². The number of nitrogens with two attached hydrogens (primary N) is 1. The molecule has 0 spiro atoms. The van der Waals surface area contributed by atoms with Crippen molar-refractivity contribution in [3.63, 3.8) is 0 Å². The summed E-state index contributed by atoms with van der Waals surface area (Å²) in [5, 5.41) is 0. The highest BCUT2D eigenvalue weighted by Crippen LogP contribution is 2.25. The molecule has 0 bridgehead atoms. The molecule has 0 aromatic carbocycles. The van der Waals surface area contributed by atoms with Gasteiger partial charge in [0.1, 0.15) is 0 Å². The summed E-state index contributed by atoms with van der Waals surface area (Å²) in [5.41, 5.74) is 5.99. The summed E-state index contributed by atoms with van der Waals surface area (Å²) in [6.07, 6.45) is 6.42. The Morgan fingerprint density at radius 2 is 1.52 bits per heavy atom. The number of amides is 2. The second-order valence-electron chi connectivity index (χ2n) is 7.22. The van der Waals surface area contributed by atoms with Crippen molar-refractivity contribution >= 4 is 24.2 Å². The van der Waals surface area contributed by atoms with E-state index >= 15 is 0 Å². The van der Waals surface area contributed by atoms with Crippen LogP contribution in [0.15, 0.2) is 0 Å². The Kier molecular flexibility index (Phi) is 8.34. The molecule has 0 radical (unpaired) electrons. The first-order valence-electron chi connectivity index (χ1n) is 8.82. The smallest absolute Gasteiger partial charge is 0.239 e. The third-order valence-electron chi connectivity index (χ3n) is 4.90. The molecule has 1 atom stereocenters. The Hall–Kier alpha value is -0.810. The fourth-order valence-electron chi connectivity index (χ4n) is 3.60. The van der Waals surface area contributed by atoms with Crippen molar-refractivity contribution in [2.75, 3.05) is 26.2 Å². The topological polar surface area (TPSA) is 66.6 Å². The van der Waals surface area contributed by atoms with Gasteiger partial charge in [-0.2, -0.15) is 0 Å². The Balaban J connectivity index is 0.00000264. The molecule has 0 aromatic rings. The Labute approximate surface area is 146 Å². The molecule has 0 unspecified atom stereocenters. The standard InChI is InChI=1S/C17H31N3O2.ClH/c1-13(2)12-15(18)17(22)20-10-8-19(9-11-20)16(21)14-6-4-3-5-7-14;/h13-15H,3-12,18H2,1-2H3;1H/t15-;/m0./s1. The van der Waals surface area contributed by atoms with Crippen molar-refractivity contribution in [1.82, 2.24) is 9.80 Å². The third kappa shape index (κ3) is 5.64. The van der Waals surface area contributed by atoms with E-state index in [2.05, 4.69) is 13.8 Å². The van der Waals surface area contributed by atoms with Crippen molar-refractivity contribution in [3.05, 3.63) is 0 Å². The van der Waals surface area contributed by atoms with Gasteiger partial charge >= 0.3 is 0 Å². The molecule has 0 aromatic heterocycles. The van der Waals surface area contributed by atoms with Crippen LogP contribution in [0, 0.1) is 11.8 Å². The molecule has 2 aliphatic rings. The number of carbonyl (C=O) groups excluding carboxylic acids is 2. The molecule has 2 N–H and O–H groups in total. The second-order valence-corrected chi connectivity index (χ2v) is 7.22. The van der Waals surface area contributed by atoms with E-state index in [1.165, 1.54) is 19.3 Å². The molecule has 2 rings (SSSR count). The van der Waals surface area contributed by atoms with Crippen molar-refractivity contribution in [1.29, 1.82) is 0 Å². The van der Waals surface area contributed by atoms with Crippen LogP contribution >= 0.6 is 12.4 Å². The highest BCUT2D eigenvalue weighted by Gasteiger charge is 2.31. The SMILES string of the molecule is CC(C)C[C@H](N)C(=O)N1CCN(C(=O)C2CCCCC2)CC1.Cl. The molecular formula is C17H32ClN3O2. The molecule has 1 aliphatic carbocycles. The van der Waals surface area contributed by atoms with E-state index < -0.39 is 6.04 Å². The molecule has 1 heterocycles. The molecule has 2 amide bonds. The van der Waals surface area contributed by atoms with Crippen molar-refractivity contribution in [2.45, 2.75) is 58.4 Å². The van der Waals surface area contributed by atoms with Crippen LogP contribution in [0.3, 0.4) is 0 Å². The average Bonchev–Trinajstić information content (AvgIpc) is 2.54. The predicted octanol–water partition coefficient (Wildman–Crippen LogP) is 2.03. The van der Waals surface area contributed by atoms with Crippen LogP contribution in [-0.2, 0) is 9.59 Å². The maximum Gasteiger partial charge on any atom is 0.239 e. The summed E-state index contributed by atoms with van der Waals surface area (Å²) in [6.45, 7) is 6.74. The van der Waals surface area contributed by atoms with E-state index in [1.807, 2.05) is 9.80 Å². The summed E-state index contributed by atoms with van der Waals surface area (Å²) in [7, 11) is 0. The summed E-state index contributed by atoms with van der Waals surface area (Å²) < 4.78 is 0. The van der Waals surface area contributed by atoms with Crippen molar-refractivity contribution in [3.8, 4) is 0 Å². The van der Waals surface area contributed by atoms with Gasteiger partial charge in [-0.05, 0) is 25.2 Å². The lowest BCUT2D eigenvalue weighted by molar-refractivity contribution is -0.143. The Morgan fingerprint density at radius 1 is 1.00 bits per heavy atom. The fraction of sp³-hybridized carbons (Fsp3) is 0.882. The van der Waals surface area contributed by atoms with E-state index in [9.17, 15) is 9.59 Å². The quantitative estimate of drug-likeness (QED) is 0.847. The lowest BCUT2D eigenvalue weighted by atomic mass is 9.88. The van der Waals surface area contributed by atoms with Crippen LogP contribution in [0.4, 0.5) is 0 Å². The Morgan fingerprint density at radius 3 is 2.04 bits per heavy atom. The van der Waals surface area contributed by atoms with Gasteiger partial charge in [0, 0.05) is 32.1 Å². The van der Waals surface area contributed by atoms with Crippen LogP contribution in [0.25, 0.3) is 0 Å². The van der Waals surface area contributed by atoms with Gasteiger partial charge in [-0.3, -0.25) is 9.59 Å². The van der Waals surface area contributed by atoms with Gasteiger partial charge in [-0.25, -0.2) is 0 Å². The summed E-state index contributed by atoms with van der Waals surface area (Å²) in [4.78, 5) is 28.6. The third-order valence-corrected chi connectivity index (χ3v) is 4.90. The van der Waals surface area contributed by atoms with Gasteiger partial charge < -0.3 is 15.5 Å². The molecule has 2 fully saturated rings. The van der Waals surface area contributed by atoms with Gasteiger partial charge in [-0.15, -0.1) is 12.4 Å². The normalized spacial score (nSPS) is 21.0. The molecule has 134 valence electrons. The number of rotatable bonds is 4. The number of carbonyl (C=O) groups is 2. The first-order valence-corrected chi connectivity index (χ1v) is 8.82. The summed E-state index contributed by atoms with van der Waals surface area (Å²) >= 11 is 0. The first-order chi connectivity index (χ1) is 10.5. The van der Waals surface area contributed by atoms with Gasteiger partial charge in [0.2, 0.25) is 11.8 Å². The zero-order chi connectivity index (χ0) is 16.1. The number of hydrogen-bond acceptors (Lipinski definition) is 3. The van der Waals surface area contributed by atoms with Gasteiger partial charge in [0.05, 0.1) is 6.04 Å². The molecule has 6 heteroatoms. The van der Waals surface area contributed by atoms with E-state index in [0.717, 1.165) is 19.3 Å². The van der Waals surface area contributed by atoms with Crippen LogP contribution in [0.5, 0.6) is 0 Å². The number of nitrogens with zero attached hydrogens (tertiary/aromatic N) is 2. The highest BCUT2D eigenvalue weighted by molar-refractivity contribution is 5.85. The zero-order valence-electron chi connectivity index (χ0n) is 14.5. The molecule has 1 saturated carbocycles. The number of halogens is 1. The minimum absolute atomic E-state index is 0. The van der Waals surface area contributed by atoms with Gasteiger partial charge in [-0.1, -0.05) is 33.1 Å². The number of hydrogen-bond donors (Lipinski definition) is 1. The van der Waals surface area contributed by atoms with E-state index in [0.29, 0.717) is 38.0 Å². The molecule has 1 saturated heterocycles. The van der Waals surface area contributed by atoms with Crippen LogP contribution in [-0.4, -0.2) is 53.8 Å². The van der Waals surface area contributed by atoms with Gasteiger partial charge in [0.15, 0.2) is 0 Å². The first kappa shape index (κ1) is 20.2. The minimum atomic E-state index is -0.402. The maximum absolute atomic E-state index is 12.5. The lowest BCUT2D eigenvalue weighted by Gasteiger charge is -2.38. The van der Waals surface area contributed by atoms with E-state index in [-0.39, 0.29) is 24.2 Å². The van der Waals surface area contributed by atoms with Crippen molar-refractivity contribution < 1.29 is 9.59 Å². The summed E-state index contributed by atoms with van der Waals surface area (Å²) in [6, 6.07) is -0.402. The summed E-state index contributed by atoms with van der Waals surface area (Å²) in [5.74, 6) is 0.990. The van der Waals surface area contributed by atoms with Crippen LogP contribution < -0.4 is 5.73 Å². The Bertz CT molecular complexity index is 389.